The van der Waals surface area contributed by atoms with E-state index < -0.39 is 0 Å². The molecule has 0 saturated carbocycles. The third kappa shape index (κ3) is 4.06. The summed E-state index contributed by atoms with van der Waals surface area (Å²) in [6.07, 6.45) is 1.60. The summed E-state index contributed by atoms with van der Waals surface area (Å²) in [6.45, 7) is 2.90. The minimum absolute atomic E-state index is 0.131. The van der Waals surface area contributed by atoms with Crippen LogP contribution in [-0.4, -0.2) is 24.1 Å². The molecule has 3 aromatic rings. The molecule has 6 heteroatoms. The van der Waals surface area contributed by atoms with Crippen molar-refractivity contribution >= 4 is 11.6 Å². The van der Waals surface area contributed by atoms with Crippen LogP contribution in [0.4, 0.5) is 5.69 Å². The van der Waals surface area contributed by atoms with Gasteiger partial charge in [-0.15, -0.1) is 0 Å². The number of carbonyl (C=O) groups excluding carboxylic acids is 1. The molecule has 0 bridgehead atoms. The number of benzene rings is 2. The average Bonchev–Trinajstić information content (AvgIpc) is 2.74. The molecule has 0 aliphatic carbocycles. The van der Waals surface area contributed by atoms with Gasteiger partial charge >= 0.3 is 0 Å². The first-order valence-corrected chi connectivity index (χ1v) is 9.08. The van der Waals surface area contributed by atoms with Crippen molar-refractivity contribution in [1.29, 1.82) is 0 Å². The largest absolute Gasteiger partial charge is 0.486 e. The summed E-state index contributed by atoms with van der Waals surface area (Å²) in [5.41, 5.74) is 1.48. The van der Waals surface area contributed by atoms with E-state index in [9.17, 15) is 4.79 Å². The van der Waals surface area contributed by atoms with Gasteiger partial charge in [0.2, 0.25) is 11.8 Å². The van der Waals surface area contributed by atoms with Crippen LogP contribution in [0.25, 0.3) is 0 Å². The van der Waals surface area contributed by atoms with Gasteiger partial charge in [0, 0.05) is 18.0 Å². The molecule has 0 fully saturated rings. The van der Waals surface area contributed by atoms with Gasteiger partial charge < -0.3 is 19.5 Å². The fourth-order valence-electron chi connectivity index (χ4n) is 2.88. The number of carbonyl (C=O) groups is 1. The molecule has 6 nitrogen and oxygen atoms in total. The zero-order valence-corrected chi connectivity index (χ0v) is 15.4. The van der Waals surface area contributed by atoms with Gasteiger partial charge in [-0.25, -0.2) is 4.98 Å². The number of fused-ring (bicyclic) bond motifs is 1. The van der Waals surface area contributed by atoms with Crippen LogP contribution in [0.2, 0.25) is 0 Å². The fourth-order valence-corrected chi connectivity index (χ4v) is 2.88. The molecule has 1 N–H and O–H groups in total. The fraction of sp³-hybridized carbons (Fsp3) is 0.182. The second-order valence-electron chi connectivity index (χ2n) is 6.41. The van der Waals surface area contributed by atoms with Gasteiger partial charge in [-0.2, -0.15) is 0 Å². The number of ether oxygens (including phenoxy) is 3. The maximum Gasteiger partial charge on any atom is 0.231 e. The normalized spacial score (nSPS) is 13.5. The van der Waals surface area contributed by atoms with E-state index in [2.05, 4.69) is 10.3 Å². The quantitative estimate of drug-likeness (QED) is 0.715. The number of para-hydroxylation sites is 1. The molecular weight excluding hydrogens is 356 g/mol. The zero-order chi connectivity index (χ0) is 19.3. The second-order valence-corrected chi connectivity index (χ2v) is 6.41. The van der Waals surface area contributed by atoms with Crippen LogP contribution in [0.1, 0.15) is 18.4 Å². The SMILES string of the molecule is CC(C(=O)Nc1ccnc(Oc2ccccc2)c1)c1ccc2c(c1)OCCO2. The van der Waals surface area contributed by atoms with E-state index in [0.717, 1.165) is 5.56 Å². The van der Waals surface area contributed by atoms with Crippen molar-refractivity contribution in [2.24, 2.45) is 0 Å². The first-order chi connectivity index (χ1) is 13.7. The van der Waals surface area contributed by atoms with Crippen molar-refractivity contribution < 1.29 is 19.0 Å². The van der Waals surface area contributed by atoms with Crippen LogP contribution in [0.15, 0.2) is 66.9 Å². The molecule has 2 heterocycles. The summed E-state index contributed by atoms with van der Waals surface area (Å²) in [4.78, 5) is 16.9. The van der Waals surface area contributed by atoms with Crippen molar-refractivity contribution in [3.05, 3.63) is 72.4 Å². The van der Waals surface area contributed by atoms with Crippen LogP contribution in [-0.2, 0) is 4.79 Å². The first kappa shape index (κ1) is 17.9. The maximum absolute atomic E-state index is 12.7. The lowest BCUT2D eigenvalue weighted by Crippen LogP contribution is -2.20. The van der Waals surface area contributed by atoms with Crippen LogP contribution < -0.4 is 19.5 Å². The van der Waals surface area contributed by atoms with E-state index >= 15 is 0 Å². The highest BCUT2D eigenvalue weighted by atomic mass is 16.6. The van der Waals surface area contributed by atoms with Crippen molar-refractivity contribution in [2.45, 2.75) is 12.8 Å². The maximum atomic E-state index is 12.7. The molecule has 1 amide bonds. The third-order valence-corrected chi connectivity index (χ3v) is 4.43. The van der Waals surface area contributed by atoms with Crippen molar-refractivity contribution in [1.82, 2.24) is 4.98 Å². The van der Waals surface area contributed by atoms with E-state index in [1.165, 1.54) is 0 Å². The van der Waals surface area contributed by atoms with E-state index in [1.807, 2.05) is 55.5 Å². The lowest BCUT2D eigenvalue weighted by atomic mass is 9.99. The highest BCUT2D eigenvalue weighted by Gasteiger charge is 2.19. The summed E-state index contributed by atoms with van der Waals surface area (Å²) >= 11 is 0. The summed E-state index contributed by atoms with van der Waals surface area (Å²) in [5, 5.41) is 2.92. The molecule has 2 aromatic carbocycles. The lowest BCUT2D eigenvalue weighted by molar-refractivity contribution is -0.117. The molecule has 28 heavy (non-hydrogen) atoms. The smallest absolute Gasteiger partial charge is 0.231 e. The standard InChI is InChI=1S/C22H20N2O4/c1-15(16-7-8-19-20(13-16)27-12-11-26-19)22(25)24-17-9-10-23-21(14-17)28-18-5-3-2-4-6-18/h2-10,13-15H,11-12H2,1H3,(H,23,24,25). The molecule has 0 saturated heterocycles. The van der Waals surface area contributed by atoms with Crippen molar-refractivity contribution in [2.75, 3.05) is 18.5 Å². The Hall–Kier alpha value is -3.54. The number of hydrogen-bond acceptors (Lipinski definition) is 5. The first-order valence-electron chi connectivity index (χ1n) is 9.08. The van der Waals surface area contributed by atoms with Gasteiger partial charge in [0.05, 0.1) is 5.92 Å². The molecule has 1 aromatic heterocycles. The Morgan fingerprint density at radius 3 is 2.64 bits per heavy atom. The van der Waals surface area contributed by atoms with Crippen LogP contribution in [0, 0.1) is 0 Å². The monoisotopic (exact) mass is 376 g/mol. The summed E-state index contributed by atoms with van der Waals surface area (Å²) < 4.78 is 16.8. The minimum atomic E-state index is -0.359. The van der Waals surface area contributed by atoms with E-state index in [0.29, 0.717) is 42.0 Å². The number of amides is 1. The molecule has 4 rings (SSSR count). The number of nitrogens with one attached hydrogen (secondary N) is 1. The summed E-state index contributed by atoms with van der Waals surface area (Å²) in [7, 11) is 0. The predicted octanol–water partition coefficient (Wildman–Crippen LogP) is 4.39. The molecule has 142 valence electrons. The van der Waals surface area contributed by atoms with Gasteiger partial charge in [0.1, 0.15) is 19.0 Å². The summed E-state index contributed by atoms with van der Waals surface area (Å²) in [5.74, 6) is 1.99. The Labute approximate surface area is 163 Å². The molecule has 1 aliphatic heterocycles. The molecule has 0 spiro atoms. The number of hydrogen-bond donors (Lipinski definition) is 1. The van der Waals surface area contributed by atoms with Gasteiger partial charge in [0.15, 0.2) is 11.5 Å². The molecule has 1 aliphatic rings. The van der Waals surface area contributed by atoms with E-state index in [1.54, 1.807) is 18.3 Å². The second kappa shape index (κ2) is 8.00. The number of aromatic nitrogens is 1. The average molecular weight is 376 g/mol. The van der Waals surface area contributed by atoms with E-state index in [4.69, 9.17) is 14.2 Å². The number of rotatable bonds is 5. The summed E-state index contributed by atoms with van der Waals surface area (Å²) in [6, 6.07) is 18.4. The lowest BCUT2D eigenvalue weighted by Gasteiger charge is -2.20. The Morgan fingerprint density at radius 2 is 1.82 bits per heavy atom. The third-order valence-electron chi connectivity index (χ3n) is 4.43. The Morgan fingerprint density at radius 1 is 1.04 bits per heavy atom. The zero-order valence-electron chi connectivity index (χ0n) is 15.4. The Bertz CT molecular complexity index is 975. The number of nitrogens with zero attached hydrogens (tertiary/aromatic N) is 1. The Kier molecular flexibility index (Phi) is 5.10. The van der Waals surface area contributed by atoms with Gasteiger partial charge in [-0.05, 0) is 42.8 Å². The highest BCUT2D eigenvalue weighted by Crippen LogP contribution is 2.33. The van der Waals surface area contributed by atoms with Gasteiger partial charge in [0.25, 0.3) is 0 Å². The van der Waals surface area contributed by atoms with Crippen LogP contribution in [0.3, 0.4) is 0 Å². The molecule has 1 unspecified atom stereocenters. The van der Waals surface area contributed by atoms with Gasteiger partial charge in [-0.3, -0.25) is 4.79 Å². The topological polar surface area (TPSA) is 69.7 Å². The van der Waals surface area contributed by atoms with Crippen molar-refractivity contribution in [3.8, 4) is 23.1 Å². The number of anilines is 1. The molecule has 0 radical (unpaired) electrons. The molecule has 1 atom stereocenters. The predicted molar refractivity (Wildman–Crippen MR) is 105 cm³/mol. The molecular formula is C22H20N2O4. The Balaban J connectivity index is 1.45. The highest BCUT2D eigenvalue weighted by molar-refractivity contribution is 5.95. The van der Waals surface area contributed by atoms with Crippen LogP contribution >= 0.6 is 0 Å². The van der Waals surface area contributed by atoms with E-state index in [-0.39, 0.29) is 11.8 Å². The van der Waals surface area contributed by atoms with Crippen molar-refractivity contribution in [3.63, 3.8) is 0 Å². The number of pyridine rings is 1. The van der Waals surface area contributed by atoms with Gasteiger partial charge in [-0.1, -0.05) is 24.3 Å². The van der Waals surface area contributed by atoms with Crippen LogP contribution in [0.5, 0.6) is 23.1 Å². The minimum Gasteiger partial charge on any atom is -0.486 e.